The van der Waals surface area contributed by atoms with Crippen LogP contribution in [0.2, 0.25) is 0 Å². The van der Waals surface area contributed by atoms with Gasteiger partial charge >= 0.3 is 0 Å². The fourth-order valence-electron chi connectivity index (χ4n) is 3.67. The normalized spacial score (nSPS) is 17.6. The molecule has 0 radical (unpaired) electrons. The van der Waals surface area contributed by atoms with Gasteiger partial charge in [-0.25, -0.2) is 0 Å². The second-order valence-electron chi connectivity index (χ2n) is 7.22. The summed E-state index contributed by atoms with van der Waals surface area (Å²) in [6, 6.07) is 0. The van der Waals surface area contributed by atoms with Crippen LogP contribution in [0.1, 0.15) is 110 Å². The highest BCUT2D eigenvalue weighted by molar-refractivity contribution is 4.64. The van der Waals surface area contributed by atoms with E-state index in [0.717, 1.165) is 5.92 Å². The number of hydrogen-bond donors (Lipinski definition) is 1. The third-order valence-electron chi connectivity index (χ3n) is 5.15. The molecule has 0 unspecified atom stereocenters. The summed E-state index contributed by atoms with van der Waals surface area (Å²) in [5, 5.41) is 3.64. The number of rotatable bonds is 12. The van der Waals surface area contributed by atoms with Crippen molar-refractivity contribution in [3.05, 3.63) is 0 Å². The lowest BCUT2D eigenvalue weighted by molar-refractivity contribution is 0.348. The van der Waals surface area contributed by atoms with Gasteiger partial charge in [0.1, 0.15) is 0 Å². The van der Waals surface area contributed by atoms with E-state index in [1.165, 1.54) is 116 Å². The number of nitrogens with one attached hydrogen (secondary N) is 1. The Morgan fingerprint density at radius 1 is 0.667 bits per heavy atom. The first-order chi connectivity index (χ1) is 10.4. The molecule has 1 aliphatic rings. The Kier molecular flexibility index (Phi) is 13.5. The van der Waals surface area contributed by atoms with Gasteiger partial charge in [-0.1, -0.05) is 96.8 Å². The fourth-order valence-corrected chi connectivity index (χ4v) is 3.67. The average molecular weight is 296 g/mol. The molecule has 1 saturated carbocycles. The lowest BCUT2D eigenvalue weighted by atomic mass is 9.88. The molecule has 21 heavy (non-hydrogen) atoms. The molecular weight excluding hydrogens is 254 g/mol. The summed E-state index contributed by atoms with van der Waals surface area (Å²) < 4.78 is 0. The van der Waals surface area contributed by atoms with Crippen LogP contribution < -0.4 is 5.32 Å². The fraction of sp³-hybridized carbons (Fsp3) is 1.00. The molecule has 1 nitrogen and oxygen atoms in total. The third kappa shape index (κ3) is 12.2. The zero-order chi connectivity index (χ0) is 15.0. The SMILES string of the molecule is CCCCCCCCNCCCCC1CCCCCCC1. The van der Waals surface area contributed by atoms with E-state index >= 15 is 0 Å². The molecule has 0 amide bonds. The molecule has 0 atom stereocenters. The Bertz CT molecular complexity index is 194. The third-order valence-corrected chi connectivity index (χ3v) is 5.15. The summed E-state index contributed by atoms with van der Waals surface area (Å²) in [7, 11) is 0. The molecule has 1 aliphatic carbocycles. The maximum atomic E-state index is 3.64. The average Bonchev–Trinajstić information content (AvgIpc) is 2.46. The van der Waals surface area contributed by atoms with E-state index in [1.807, 2.05) is 0 Å². The van der Waals surface area contributed by atoms with E-state index in [0.29, 0.717) is 0 Å². The van der Waals surface area contributed by atoms with Crippen LogP contribution in [0.4, 0.5) is 0 Å². The van der Waals surface area contributed by atoms with Gasteiger partial charge in [-0.05, 0) is 31.8 Å². The van der Waals surface area contributed by atoms with Crippen LogP contribution in [0.5, 0.6) is 0 Å². The highest BCUT2D eigenvalue weighted by Crippen LogP contribution is 2.26. The molecule has 1 fully saturated rings. The summed E-state index contributed by atoms with van der Waals surface area (Å²) in [6.07, 6.45) is 23.4. The first-order valence-corrected chi connectivity index (χ1v) is 10.1. The van der Waals surface area contributed by atoms with Crippen molar-refractivity contribution in [1.82, 2.24) is 5.32 Å². The number of unbranched alkanes of at least 4 members (excludes halogenated alkanes) is 6. The van der Waals surface area contributed by atoms with Crippen LogP contribution in [0.3, 0.4) is 0 Å². The Balaban J connectivity index is 1.79. The Morgan fingerprint density at radius 3 is 1.95 bits per heavy atom. The van der Waals surface area contributed by atoms with Crippen molar-refractivity contribution in [2.45, 2.75) is 110 Å². The predicted molar refractivity (Wildman–Crippen MR) is 95.9 cm³/mol. The summed E-state index contributed by atoms with van der Waals surface area (Å²) in [6.45, 7) is 4.79. The monoisotopic (exact) mass is 295 g/mol. The van der Waals surface area contributed by atoms with E-state index in [4.69, 9.17) is 0 Å². The summed E-state index contributed by atoms with van der Waals surface area (Å²) in [4.78, 5) is 0. The molecule has 1 heteroatoms. The maximum absolute atomic E-state index is 3.64. The molecule has 0 aromatic rings. The van der Waals surface area contributed by atoms with E-state index in [9.17, 15) is 0 Å². The van der Waals surface area contributed by atoms with Crippen molar-refractivity contribution in [2.75, 3.05) is 13.1 Å². The van der Waals surface area contributed by atoms with Crippen LogP contribution in [-0.4, -0.2) is 13.1 Å². The zero-order valence-corrected chi connectivity index (χ0v) is 14.8. The van der Waals surface area contributed by atoms with Crippen LogP contribution >= 0.6 is 0 Å². The van der Waals surface area contributed by atoms with Crippen LogP contribution in [0.15, 0.2) is 0 Å². The van der Waals surface area contributed by atoms with Crippen molar-refractivity contribution in [1.29, 1.82) is 0 Å². The molecule has 0 saturated heterocycles. The second-order valence-corrected chi connectivity index (χ2v) is 7.22. The van der Waals surface area contributed by atoms with E-state index in [1.54, 1.807) is 0 Å². The van der Waals surface area contributed by atoms with Crippen molar-refractivity contribution in [2.24, 2.45) is 5.92 Å². The van der Waals surface area contributed by atoms with E-state index < -0.39 is 0 Å². The van der Waals surface area contributed by atoms with Gasteiger partial charge in [-0.2, -0.15) is 0 Å². The van der Waals surface area contributed by atoms with Gasteiger partial charge in [0.05, 0.1) is 0 Å². The Labute approximate surface area is 134 Å². The minimum absolute atomic E-state index is 1.06. The summed E-state index contributed by atoms with van der Waals surface area (Å²) in [5.41, 5.74) is 0. The molecule has 0 aliphatic heterocycles. The predicted octanol–water partition coefficient (Wildman–Crippen LogP) is 6.47. The number of hydrogen-bond acceptors (Lipinski definition) is 1. The van der Waals surface area contributed by atoms with Gasteiger partial charge in [-0.15, -0.1) is 0 Å². The standard InChI is InChI=1S/C20H41N/c1-2-3-4-5-9-13-18-21-19-14-12-17-20-15-10-7-6-8-11-16-20/h20-21H,2-19H2,1H3. The highest BCUT2D eigenvalue weighted by atomic mass is 14.8. The molecule has 1 rings (SSSR count). The summed E-state index contributed by atoms with van der Waals surface area (Å²) in [5.74, 6) is 1.06. The van der Waals surface area contributed by atoms with E-state index in [2.05, 4.69) is 12.2 Å². The first kappa shape index (κ1) is 19.0. The van der Waals surface area contributed by atoms with Gasteiger partial charge in [0.25, 0.3) is 0 Å². The lowest BCUT2D eigenvalue weighted by Gasteiger charge is -2.19. The Morgan fingerprint density at radius 2 is 1.24 bits per heavy atom. The van der Waals surface area contributed by atoms with Gasteiger partial charge < -0.3 is 5.32 Å². The first-order valence-electron chi connectivity index (χ1n) is 10.1. The molecule has 1 N–H and O–H groups in total. The minimum atomic E-state index is 1.06. The van der Waals surface area contributed by atoms with Crippen LogP contribution in [-0.2, 0) is 0 Å². The van der Waals surface area contributed by atoms with Crippen molar-refractivity contribution in [3.63, 3.8) is 0 Å². The maximum Gasteiger partial charge on any atom is -0.00489 e. The lowest BCUT2D eigenvalue weighted by Crippen LogP contribution is -2.17. The van der Waals surface area contributed by atoms with Gasteiger partial charge in [-0.3, -0.25) is 0 Å². The topological polar surface area (TPSA) is 12.0 Å². The molecule has 0 heterocycles. The summed E-state index contributed by atoms with van der Waals surface area (Å²) >= 11 is 0. The molecular formula is C20H41N. The Hall–Kier alpha value is -0.0400. The largest absolute Gasteiger partial charge is 0.317 e. The van der Waals surface area contributed by atoms with Crippen molar-refractivity contribution >= 4 is 0 Å². The van der Waals surface area contributed by atoms with Crippen LogP contribution in [0.25, 0.3) is 0 Å². The smallest absolute Gasteiger partial charge is 0.00489 e. The van der Waals surface area contributed by atoms with E-state index in [-0.39, 0.29) is 0 Å². The molecule has 0 bridgehead atoms. The van der Waals surface area contributed by atoms with Crippen molar-refractivity contribution < 1.29 is 0 Å². The molecule has 126 valence electrons. The zero-order valence-electron chi connectivity index (χ0n) is 14.8. The van der Waals surface area contributed by atoms with Crippen LogP contribution in [0, 0.1) is 5.92 Å². The van der Waals surface area contributed by atoms with Gasteiger partial charge in [0.15, 0.2) is 0 Å². The molecule has 0 aromatic carbocycles. The van der Waals surface area contributed by atoms with Gasteiger partial charge in [0.2, 0.25) is 0 Å². The molecule has 0 aromatic heterocycles. The molecule has 0 spiro atoms. The highest BCUT2D eigenvalue weighted by Gasteiger charge is 2.10. The van der Waals surface area contributed by atoms with Gasteiger partial charge in [0, 0.05) is 0 Å². The minimum Gasteiger partial charge on any atom is -0.317 e. The van der Waals surface area contributed by atoms with Crippen molar-refractivity contribution in [3.8, 4) is 0 Å². The quantitative estimate of drug-likeness (QED) is 0.407. The second kappa shape index (κ2) is 14.9.